The lowest BCUT2D eigenvalue weighted by atomic mass is 10.1. The van der Waals surface area contributed by atoms with Crippen LogP contribution >= 0.6 is 0 Å². The van der Waals surface area contributed by atoms with Crippen LogP contribution in [0.2, 0.25) is 0 Å². The number of carbonyl (C=O) groups excluding carboxylic acids is 2. The van der Waals surface area contributed by atoms with Gasteiger partial charge in [-0.25, -0.2) is 0 Å². The lowest BCUT2D eigenvalue weighted by Crippen LogP contribution is -2.30. The molecule has 0 saturated heterocycles. The number of unbranched alkanes of at least 4 members (excludes halogenated alkanes) is 20. The van der Waals surface area contributed by atoms with Crippen molar-refractivity contribution in [2.75, 3.05) is 19.8 Å². The van der Waals surface area contributed by atoms with E-state index >= 15 is 0 Å². The molecule has 66 heavy (non-hydrogen) atoms. The largest absolute Gasteiger partial charge is 0.462 e. The van der Waals surface area contributed by atoms with Crippen molar-refractivity contribution < 1.29 is 23.8 Å². The van der Waals surface area contributed by atoms with Gasteiger partial charge in [-0.1, -0.05) is 226 Å². The summed E-state index contributed by atoms with van der Waals surface area (Å²) in [7, 11) is 0. The molecule has 0 aliphatic carbocycles. The molecule has 0 aliphatic rings. The van der Waals surface area contributed by atoms with Gasteiger partial charge in [-0.15, -0.1) is 0 Å². The van der Waals surface area contributed by atoms with E-state index in [2.05, 4.69) is 130 Å². The second-order valence-electron chi connectivity index (χ2n) is 17.7. The van der Waals surface area contributed by atoms with Crippen LogP contribution in [0, 0.1) is 0 Å². The van der Waals surface area contributed by atoms with E-state index in [1.165, 1.54) is 103 Å². The van der Waals surface area contributed by atoms with Gasteiger partial charge in [0.05, 0.1) is 13.2 Å². The van der Waals surface area contributed by atoms with Gasteiger partial charge >= 0.3 is 11.9 Å². The first-order valence-corrected chi connectivity index (χ1v) is 27.4. The summed E-state index contributed by atoms with van der Waals surface area (Å²) >= 11 is 0. The molecule has 0 N–H and O–H groups in total. The van der Waals surface area contributed by atoms with E-state index in [1.807, 2.05) is 0 Å². The Bertz CT molecular complexity index is 1310. The maximum atomic E-state index is 12.8. The molecule has 0 radical (unpaired) electrons. The van der Waals surface area contributed by atoms with E-state index in [1.54, 1.807) is 0 Å². The van der Waals surface area contributed by atoms with E-state index in [0.29, 0.717) is 19.4 Å². The Morgan fingerprint density at radius 3 is 1.11 bits per heavy atom. The molecule has 0 rings (SSSR count). The van der Waals surface area contributed by atoms with Gasteiger partial charge in [0, 0.05) is 12.8 Å². The van der Waals surface area contributed by atoms with Crippen LogP contribution in [-0.2, 0) is 23.8 Å². The number of hydrogen-bond acceptors (Lipinski definition) is 5. The van der Waals surface area contributed by atoms with E-state index in [9.17, 15) is 9.59 Å². The monoisotopic (exact) mass is 915 g/mol. The zero-order valence-electron chi connectivity index (χ0n) is 43.2. The Hall–Kier alpha value is -3.44. The fourth-order valence-corrected chi connectivity index (χ4v) is 7.29. The minimum atomic E-state index is -0.592. The summed E-state index contributed by atoms with van der Waals surface area (Å²) in [4.78, 5) is 25.5. The Labute approximate surface area is 408 Å². The number of carbonyl (C=O) groups is 2. The molecule has 0 spiro atoms. The van der Waals surface area contributed by atoms with Crippen molar-refractivity contribution in [3.05, 3.63) is 109 Å². The highest BCUT2D eigenvalue weighted by molar-refractivity contribution is 5.70. The predicted octanol–water partition coefficient (Wildman–Crippen LogP) is 18.8. The predicted molar refractivity (Wildman–Crippen MR) is 288 cm³/mol. The third-order valence-corrected chi connectivity index (χ3v) is 11.3. The first kappa shape index (κ1) is 62.6. The summed E-state index contributed by atoms with van der Waals surface area (Å²) < 4.78 is 17.3. The van der Waals surface area contributed by atoms with Crippen LogP contribution in [0.15, 0.2) is 109 Å². The lowest BCUT2D eigenvalue weighted by Gasteiger charge is -2.18. The van der Waals surface area contributed by atoms with Gasteiger partial charge in [-0.3, -0.25) is 9.59 Å². The van der Waals surface area contributed by atoms with E-state index < -0.39 is 6.10 Å². The molecule has 1 unspecified atom stereocenters. The van der Waals surface area contributed by atoms with E-state index in [0.717, 1.165) is 103 Å². The minimum Gasteiger partial charge on any atom is -0.462 e. The highest BCUT2D eigenvalue weighted by Crippen LogP contribution is 2.14. The standard InChI is InChI=1S/C61H102O5/c1-4-7-10-13-16-19-22-25-28-30-31-32-34-36-39-42-45-48-51-54-60(62)65-58-59(57-64-56-53-50-47-44-41-38-35-29-26-23-20-17-14-11-8-5-2)66-61(63)55-52-49-46-43-40-37-33-27-24-21-18-15-12-9-6-3/h8-9,11-12,17-18,20-21,25-29,33,38,41,47,50,59H,4-7,10,13-16,19,22-24,30-32,34-37,39-40,42-46,48-49,51-58H2,1-3H3/b11-8-,12-9-,20-17-,21-18-,28-25-,29-26-,33-27-,41-38-,50-47-. The fraction of sp³-hybridized carbons (Fsp3) is 0.672. The molecule has 0 aromatic heterocycles. The molecule has 0 amide bonds. The van der Waals surface area contributed by atoms with Gasteiger partial charge in [0.25, 0.3) is 0 Å². The third kappa shape index (κ3) is 53.2. The maximum Gasteiger partial charge on any atom is 0.306 e. The van der Waals surface area contributed by atoms with Crippen molar-refractivity contribution in [1.29, 1.82) is 0 Å². The van der Waals surface area contributed by atoms with Gasteiger partial charge in [0.2, 0.25) is 0 Å². The molecule has 0 aliphatic heterocycles. The zero-order valence-corrected chi connectivity index (χ0v) is 43.2. The van der Waals surface area contributed by atoms with Gasteiger partial charge in [-0.05, 0) is 109 Å². The summed E-state index contributed by atoms with van der Waals surface area (Å²) in [6.45, 7) is 7.37. The van der Waals surface area contributed by atoms with Gasteiger partial charge in [-0.2, -0.15) is 0 Å². The Morgan fingerprint density at radius 1 is 0.348 bits per heavy atom. The molecule has 5 heteroatoms. The molecule has 5 nitrogen and oxygen atoms in total. The normalized spacial score (nSPS) is 13.1. The minimum absolute atomic E-state index is 0.0420. The van der Waals surface area contributed by atoms with Crippen molar-refractivity contribution in [3.63, 3.8) is 0 Å². The van der Waals surface area contributed by atoms with Crippen LogP contribution in [-0.4, -0.2) is 37.9 Å². The molecule has 0 heterocycles. The van der Waals surface area contributed by atoms with Crippen molar-refractivity contribution >= 4 is 11.9 Å². The van der Waals surface area contributed by atoms with Crippen molar-refractivity contribution in [1.82, 2.24) is 0 Å². The second-order valence-corrected chi connectivity index (χ2v) is 17.7. The maximum absolute atomic E-state index is 12.8. The smallest absolute Gasteiger partial charge is 0.306 e. The highest BCUT2D eigenvalue weighted by atomic mass is 16.6. The molecular weight excluding hydrogens is 813 g/mol. The van der Waals surface area contributed by atoms with E-state index in [4.69, 9.17) is 14.2 Å². The van der Waals surface area contributed by atoms with Gasteiger partial charge in [0.1, 0.15) is 6.61 Å². The number of esters is 2. The molecule has 0 bridgehead atoms. The van der Waals surface area contributed by atoms with Crippen molar-refractivity contribution in [2.45, 2.75) is 245 Å². The van der Waals surface area contributed by atoms with Crippen LogP contribution in [0.3, 0.4) is 0 Å². The zero-order chi connectivity index (χ0) is 47.7. The number of ether oxygens (including phenoxy) is 3. The highest BCUT2D eigenvalue weighted by Gasteiger charge is 2.17. The first-order chi connectivity index (χ1) is 32.6. The van der Waals surface area contributed by atoms with Crippen LogP contribution in [0.5, 0.6) is 0 Å². The third-order valence-electron chi connectivity index (χ3n) is 11.3. The van der Waals surface area contributed by atoms with E-state index in [-0.39, 0.29) is 25.2 Å². The molecule has 0 aromatic carbocycles. The molecule has 376 valence electrons. The first-order valence-electron chi connectivity index (χ1n) is 27.4. The van der Waals surface area contributed by atoms with Crippen molar-refractivity contribution in [2.24, 2.45) is 0 Å². The Kier molecular flexibility index (Phi) is 53.0. The summed E-state index contributed by atoms with van der Waals surface area (Å²) in [6.07, 6.45) is 77.0. The molecule has 0 fully saturated rings. The summed E-state index contributed by atoms with van der Waals surface area (Å²) in [5.41, 5.74) is 0. The van der Waals surface area contributed by atoms with Gasteiger partial charge in [0.15, 0.2) is 6.10 Å². The van der Waals surface area contributed by atoms with Crippen LogP contribution in [0.4, 0.5) is 0 Å². The Balaban J connectivity index is 4.39. The van der Waals surface area contributed by atoms with Crippen LogP contribution < -0.4 is 0 Å². The molecule has 1 atom stereocenters. The fourth-order valence-electron chi connectivity index (χ4n) is 7.29. The van der Waals surface area contributed by atoms with Gasteiger partial charge < -0.3 is 14.2 Å². The molecular formula is C61H102O5. The van der Waals surface area contributed by atoms with Crippen molar-refractivity contribution in [3.8, 4) is 0 Å². The SMILES string of the molecule is CC/C=C\C/C=C\C/C=C\C/C=C\C/C=C\CCOCC(COC(=O)CCCCCCCCCCC/C=C\CCCCCCCC)OC(=O)CCCCCCC/C=C\C/C=C\C/C=C\CC. The van der Waals surface area contributed by atoms with Crippen LogP contribution in [0.1, 0.15) is 239 Å². The molecule has 0 aromatic rings. The average molecular weight is 915 g/mol. The number of allylic oxidation sites excluding steroid dienone is 17. The summed E-state index contributed by atoms with van der Waals surface area (Å²) in [5.74, 6) is -0.462. The van der Waals surface area contributed by atoms with Crippen LogP contribution in [0.25, 0.3) is 0 Å². The summed E-state index contributed by atoms with van der Waals surface area (Å²) in [5, 5.41) is 0. The molecule has 0 saturated carbocycles. The lowest BCUT2D eigenvalue weighted by molar-refractivity contribution is -0.162. The topological polar surface area (TPSA) is 61.8 Å². The number of hydrogen-bond donors (Lipinski definition) is 0. The Morgan fingerprint density at radius 2 is 0.682 bits per heavy atom. The summed E-state index contributed by atoms with van der Waals surface area (Å²) in [6, 6.07) is 0. The average Bonchev–Trinajstić information content (AvgIpc) is 3.32. The second kappa shape index (κ2) is 55.9. The quantitative estimate of drug-likeness (QED) is 0.0346. The number of rotatable bonds is 49.